The van der Waals surface area contributed by atoms with Crippen molar-refractivity contribution in [2.24, 2.45) is 0 Å². The molecule has 0 unspecified atom stereocenters. The molecule has 18 heavy (non-hydrogen) atoms. The number of hydrogen-bond donors (Lipinski definition) is 1. The maximum atomic E-state index is 13.1. The topological polar surface area (TPSA) is 21.3 Å². The highest BCUT2D eigenvalue weighted by Gasteiger charge is 1.99. The van der Waals surface area contributed by atoms with E-state index in [0.29, 0.717) is 0 Å². The molecule has 1 rings (SSSR count). The quantitative estimate of drug-likeness (QED) is 0.683. The van der Waals surface area contributed by atoms with Gasteiger partial charge in [0.15, 0.2) is 0 Å². The van der Waals surface area contributed by atoms with Crippen molar-refractivity contribution in [2.75, 3.05) is 26.8 Å². The van der Waals surface area contributed by atoms with Crippen LogP contribution in [0.1, 0.15) is 30.4 Å². The molecule has 0 aliphatic heterocycles. The summed E-state index contributed by atoms with van der Waals surface area (Å²) in [7, 11) is 1.71. The van der Waals surface area contributed by atoms with Gasteiger partial charge in [-0.15, -0.1) is 0 Å². The number of rotatable bonds is 9. The van der Waals surface area contributed by atoms with E-state index in [1.807, 2.05) is 19.1 Å². The molecule has 0 heterocycles. The highest BCUT2D eigenvalue weighted by atomic mass is 19.1. The fraction of sp³-hybridized carbons (Fsp3) is 0.600. The van der Waals surface area contributed by atoms with E-state index in [0.717, 1.165) is 38.1 Å². The molecule has 0 spiro atoms. The van der Waals surface area contributed by atoms with Crippen LogP contribution in [-0.2, 0) is 11.2 Å². The zero-order valence-corrected chi connectivity index (χ0v) is 11.5. The third-order valence-electron chi connectivity index (χ3n) is 3.02. The smallest absolute Gasteiger partial charge is 0.126 e. The van der Waals surface area contributed by atoms with Gasteiger partial charge in [0, 0.05) is 13.7 Å². The number of unbranched alkanes of at least 4 members (excludes halogenated alkanes) is 2. The highest BCUT2D eigenvalue weighted by molar-refractivity contribution is 5.23. The van der Waals surface area contributed by atoms with E-state index < -0.39 is 0 Å². The maximum absolute atomic E-state index is 13.1. The van der Waals surface area contributed by atoms with Gasteiger partial charge < -0.3 is 10.1 Å². The van der Waals surface area contributed by atoms with Crippen LogP contribution in [0.4, 0.5) is 4.39 Å². The minimum Gasteiger partial charge on any atom is -0.383 e. The molecule has 3 heteroatoms. The van der Waals surface area contributed by atoms with Crippen LogP contribution in [0.3, 0.4) is 0 Å². The average Bonchev–Trinajstić information content (AvgIpc) is 2.37. The molecule has 1 N–H and O–H groups in total. The summed E-state index contributed by atoms with van der Waals surface area (Å²) in [6.45, 7) is 4.56. The van der Waals surface area contributed by atoms with Crippen LogP contribution in [0.2, 0.25) is 0 Å². The van der Waals surface area contributed by atoms with Crippen LogP contribution in [0, 0.1) is 12.7 Å². The molecule has 0 aliphatic rings. The predicted octanol–water partition coefficient (Wildman–Crippen LogP) is 3.08. The minimum atomic E-state index is -0.110. The van der Waals surface area contributed by atoms with Gasteiger partial charge in [-0.3, -0.25) is 0 Å². The summed E-state index contributed by atoms with van der Waals surface area (Å²) in [5.41, 5.74) is 1.98. The van der Waals surface area contributed by atoms with Crippen LogP contribution in [0.15, 0.2) is 18.2 Å². The number of halogens is 1. The lowest BCUT2D eigenvalue weighted by Crippen LogP contribution is -2.20. The van der Waals surface area contributed by atoms with E-state index in [-0.39, 0.29) is 5.82 Å². The van der Waals surface area contributed by atoms with Gasteiger partial charge in [0.05, 0.1) is 6.61 Å². The van der Waals surface area contributed by atoms with Crippen LogP contribution in [-0.4, -0.2) is 26.8 Å². The Kier molecular flexibility index (Phi) is 7.62. The second-order valence-electron chi connectivity index (χ2n) is 4.64. The van der Waals surface area contributed by atoms with Crippen LogP contribution < -0.4 is 5.32 Å². The number of benzene rings is 1. The molecule has 0 radical (unpaired) electrons. The van der Waals surface area contributed by atoms with Crippen molar-refractivity contribution in [3.05, 3.63) is 35.1 Å². The Morgan fingerprint density at radius 1 is 1.17 bits per heavy atom. The summed E-state index contributed by atoms with van der Waals surface area (Å²) < 4.78 is 18.0. The van der Waals surface area contributed by atoms with Gasteiger partial charge in [-0.25, -0.2) is 4.39 Å². The van der Waals surface area contributed by atoms with Crippen molar-refractivity contribution in [1.29, 1.82) is 0 Å². The minimum absolute atomic E-state index is 0.110. The lowest BCUT2D eigenvalue weighted by atomic mass is 10.0. The summed E-state index contributed by atoms with van der Waals surface area (Å²) in [5.74, 6) is -0.110. The zero-order valence-electron chi connectivity index (χ0n) is 11.5. The normalized spacial score (nSPS) is 10.8. The average molecular weight is 253 g/mol. The molecule has 0 saturated carbocycles. The van der Waals surface area contributed by atoms with Crippen LogP contribution in [0.5, 0.6) is 0 Å². The molecule has 0 aromatic heterocycles. The third kappa shape index (κ3) is 6.12. The van der Waals surface area contributed by atoms with E-state index in [2.05, 4.69) is 5.32 Å². The van der Waals surface area contributed by atoms with E-state index in [9.17, 15) is 4.39 Å². The largest absolute Gasteiger partial charge is 0.383 e. The zero-order chi connectivity index (χ0) is 13.2. The first-order valence-electron chi connectivity index (χ1n) is 6.68. The Balaban J connectivity index is 2.05. The summed E-state index contributed by atoms with van der Waals surface area (Å²) >= 11 is 0. The number of aryl methyl sites for hydroxylation is 2. The summed E-state index contributed by atoms with van der Waals surface area (Å²) in [5, 5.41) is 3.33. The van der Waals surface area contributed by atoms with Crippen LogP contribution in [0.25, 0.3) is 0 Å². The standard InChI is InChI=1S/C15H24FNO/c1-13-12-14(7-8-15(13)16)6-4-3-5-9-17-10-11-18-2/h7-8,12,17H,3-6,9-11H2,1-2H3. The Labute approximate surface area is 110 Å². The van der Waals surface area contributed by atoms with Crippen molar-refractivity contribution in [2.45, 2.75) is 32.6 Å². The molecule has 1 aromatic carbocycles. The van der Waals surface area contributed by atoms with E-state index in [1.165, 1.54) is 18.4 Å². The third-order valence-corrected chi connectivity index (χ3v) is 3.02. The fourth-order valence-electron chi connectivity index (χ4n) is 1.92. The van der Waals surface area contributed by atoms with Crippen molar-refractivity contribution < 1.29 is 9.13 Å². The Morgan fingerprint density at radius 2 is 2.00 bits per heavy atom. The lowest BCUT2D eigenvalue weighted by Gasteiger charge is -2.05. The molecule has 0 atom stereocenters. The van der Waals surface area contributed by atoms with E-state index in [1.54, 1.807) is 13.2 Å². The molecular weight excluding hydrogens is 229 g/mol. The fourth-order valence-corrected chi connectivity index (χ4v) is 1.92. The number of methoxy groups -OCH3 is 1. The first-order chi connectivity index (χ1) is 8.74. The SMILES string of the molecule is COCCNCCCCCc1ccc(F)c(C)c1. The number of ether oxygens (including phenoxy) is 1. The summed E-state index contributed by atoms with van der Waals surface area (Å²) in [6, 6.07) is 5.41. The van der Waals surface area contributed by atoms with Gasteiger partial charge in [-0.1, -0.05) is 18.6 Å². The van der Waals surface area contributed by atoms with E-state index in [4.69, 9.17) is 4.74 Å². The van der Waals surface area contributed by atoms with Gasteiger partial charge in [-0.05, 0) is 49.9 Å². The monoisotopic (exact) mass is 253 g/mol. The summed E-state index contributed by atoms with van der Waals surface area (Å²) in [4.78, 5) is 0. The Hall–Kier alpha value is -0.930. The van der Waals surface area contributed by atoms with E-state index >= 15 is 0 Å². The van der Waals surface area contributed by atoms with Gasteiger partial charge >= 0.3 is 0 Å². The first kappa shape index (κ1) is 15.1. The Bertz CT molecular complexity index is 341. The Morgan fingerprint density at radius 3 is 2.72 bits per heavy atom. The van der Waals surface area contributed by atoms with Crippen LogP contribution >= 0.6 is 0 Å². The number of hydrogen-bond acceptors (Lipinski definition) is 2. The van der Waals surface area contributed by atoms with Gasteiger partial charge in [0.25, 0.3) is 0 Å². The maximum Gasteiger partial charge on any atom is 0.126 e. The van der Waals surface area contributed by atoms with Crippen molar-refractivity contribution in [3.8, 4) is 0 Å². The van der Waals surface area contributed by atoms with Gasteiger partial charge in [0.2, 0.25) is 0 Å². The molecule has 0 saturated heterocycles. The predicted molar refractivity (Wildman–Crippen MR) is 73.4 cm³/mol. The molecule has 0 amide bonds. The highest BCUT2D eigenvalue weighted by Crippen LogP contribution is 2.12. The molecule has 2 nitrogen and oxygen atoms in total. The number of nitrogens with one attached hydrogen (secondary N) is 1. The van der Waals surface area contributed by atoms with Gasteiger partial charge in [0.1, 0.15) is 5.82 Å². The summed E-state index contributed by atoms with van der Waals surface area (Å²) in [6.07, 6.45) is 4.59. The molecule has 0 fully saturated rings. The second-order valence-corrected chi connectivity index (χ2v) is 4.64. The van der Waals surface area contributed by atoms with Crippen molar-refractivity contribution in [3.63, 3.8) is 0 Å². The molecule has 1 aromatic rings. The second kappa shape index (κ2) is 9.06. The molecular formula is C15H24FNO. The molecule has 0 bridgehead atoms. The van der Waals surface area contributed by atoms with Crippen molar-refractivity contribution in [1.82, 2.24) is 5.32 Å². The molecule has 102 valence electrons. The van der Waals surface area contributed by atoms with Crippen molar-refractivity contribution >= 4 is 0 Å². The van der Waals surface area contributed by atoms with Gasteiger partial charge in [-0.2, -0.15) is 0 Å². The lowest BCUT2D eigenvalue weighted by molar-refractivity contribution is 0.199. The first-order valence-corrected chi connectivity index (χ1v) is 6.68. The molecule has 0 aliphatic carbocycles.